The van der Waals surface area contributed by atoms with Crippen molar-refractivity contribution < 1.29 is 8.42 Å². The summed E-state index contributed by atoms with van der Waals surface area (Å²) < 4.78 is 28.1. The molecular weight excluding hydrogens is 482 g/mol. The van der Waals surface area contributed by atoms with Crippen LogP contribution in [-0.2, 0) is 10.0 Å². The van der Waals surface area contributed by atoms with Crippen LogP contribution in [0.15, 0.2) is 83.8 Å². The summed E-state index contributed by atoms with van der Waals surface area (Å²) >= 11 is 0. The molecule has 1 fully saturated rings. The molecule has 1 aliphatic heterocycles. The second kappa shape index (κ2) is 10.6. The van der Waals surface area contributed by atoms with E-state index in [1.807, 2.05) is 66.7 Å². The van der Waals surface area contributed by atoms with Gasteiger partial charge in [-0.15, -0.1) is 0 Å². The molecule has 0 amide bonds. The average molecular weight is 516 g/mol. The monoisotopic (exact) mass is 515 g/mol. The van der Waals surface area contributed by atoms with Crippen LogP contribution in [0.5, 0.6) is 0 Å². The molecule has 1 aromatic heterocycles. The molecule has 1 atom stereocenters. The molecule has 2 heterocycles. The van der Waals surface area contributed by atoms with Gasteiger partial charge >= 0.3 is 0 Å². The lowest BCUT2D eigenvalue weighted by atomic mass is 10.0. The number of aromatic nitrogens is 2. The summed E-state index contributed by atoms with van der Waals surface area (Å²) in [5.74, 6) is 1.85. The number of sulfonamides is 1. The predicted octanol–water partition coefficient (Wildman–Crippen LogP) is 5.56. The van der Waals surface area contributed by atoms with E-state index in [0.29, 0.717) is 37.0 Å². The highest BCUT2D eigenvalue weighted by atomic mass is 32.2. The van der Waals surface area contributed by atoms with Gasteiger partial charge in [0.25, 0.3) is 0 Å². The van der Waals surface area contributed by atoms with Crippen LogP contribution < -0.4 is 5.32 Å². The molecule has 37 heavy (non-hydrogen) atoms. The van der Waals surface area contributed by atoms with Gasteiger partial charge in [-0.3, -0.25) is 4.90 Å². The van der Waals surface area contributed by atoms with Crippen molar-refractivity contribution in [1.29, 1.82) is 0 Å². The van der Waals surface area contributed by atoms with Gasteiger partial charge in [-0.1, -0.05) is 56.3 Å². The van der Waals surface area contributed by atoms with Gasteiger partial charge in [0.15, 0.2) is 0 Å². The molecule has 7 nitrogen and oxygen atoms in total. The van der Waals surface area contributed by atoms with Gasteiger partial charge in [0.2, 0.25) is 10.0 Å². The number of rotatable bonds is 7. The topological polar surface area (TPSA) is 78.4 Å². The normalized spacial score (nSPS) is 16.2. The minimum absolute atomic E-state index is 0.0592. The molecular formula is C29H33N5O2S. The highest BCUT2D eigenvalue weighted by Crippen LogP contribution is 2.28. The highest BCUT2D eigenvalue weighted by Gasteiger charge is 2.31. The molecule has 1 N–H and O–H groups in total. The SMILES string of the molecule is CC(C)c1ccc(S(=O)(=O)N2CCN(C(C)c3nc(Nc4ccccc4)c4ccccc4n3)CC2)cc1. The summed E-state index contributed by atoms with van der Waals surface area (Å²) in [6.07, 6.45) is 0. The smallest absolute Gasteiger partial charge is 0.243 e. The maximum atomic E-state index is 13.3. The Morgan fingerprint density at radius 2 is 1.43 bits per heavy atom. The van der Waals surface area contributed by atoms with Crippen LogP contribution in [0.3, 0.4) is 0 Å². The quantitative estimate of drug-likeness (QED) is 0.347. The van der Waals surface area contributed by atoms with Gasteiger partial charge in [-0.2, -0.15) is 4.31 Å². The van der Waals surface area contributed by atoms with Crippen molar-refractivity contribution in [2.24, 2.45) is 0 Å². The maximum Gasteiger partial charge on any atom is 0.243 e. The van der Waals surface area contributed by atoms with Gasteiger partial charge in [0.05, 0.1) is 16.5 Å². The Balaban J connectivity index is 1.33. The zero-order valence-electron chi connectivity index (χ0n) is 21.5. The molecule has 0 spiro atoms. The summed E-state index contributed by atoms with van der Waals surface area (Å²) in [6, 6.07) is 25.2. The van der Waals surface area contributed by atoms with E-state index in [4.69, 9.17) is 9.97 Å². The number of para-hydroxylation sites is 2. The first-order chi connectivity index (χ1) is 17.8. The van der Waals surface area contributed by atoms with Crippen molar-refractivity contribution in [3.8, 4) is 0 Å². The van der Waals surface area contributed by atoms with Crippen molar-refractivity contribution in [2.75, 3.05) is 31.5 Å². The van der Waals surface area contributed by atoms with Gasteiger partial charge in [0.1, 0.15) is 11.6 Å². The Morgan fingerprint density at radius 3 is 2.11 bits per heavy atom. The molecule has 0 aliphatic carbocycles. The van der Waals surface area contributed by atoms with E-state index < -0.39 is 10.0 Å². The lowest BCUT2D eigenvalue weighted by Gasteiger charge is -2.37. The van der Waals surface area contributed by atoms with Crippen LogP contribution in [0, 0.1) is 0 Å². The summed E-state index contributed by atoms with van der Waals surface area (Å²) in [7, 11) is -3.52. The van der Waals surface area contributed by atoms with Crippen molar-refractivity contribution in [3.63, 3.8) is 0 Å². The second-order valence-corrected chi connectivity index (χ2v) is 11.7. The van der Waals surface area contributed by atoms with Crippen LogP contribution in [0.2, 0.25) is 0 Å². The lowest BCUT2D eigenvalue weighted by Crippen LogP contribution is -2.49. The first kappa shape index (κ1) is 25.3. The summed E-state index contributed by atoms with van der Waals surface area (Å²) in [4.78, 5) is 12.4. The number of nitrogens with zero attached hydrogens (tertiary/aromatic N) is 4. The number of benzene rings is 3. The Hall–Kier alpha value is -3.33. The molecule has 1 unspecified atom stereocenters. The van der Waals surface area contributed by atoms with E-state index in [1.54, 1.807) is 16.4 Å². The average Bonchev–Trinajstić information content (AvgIpc) is 2.93. The van der Waals surface area contributed by atoms with E-state index in [0.717, 1.165) is 33.8 Å². The van der Waals surface area contributed by atoms with E-state index in [1.165, 1.54) is 0 Å². The number of fused-ring (bicyclic) bond motifs is 1. The van der Waals surface area contributed by atoms with E-state index >= 15 is 0 Å². The third kappa shape index (κ3) is 5.37. The van der Waals surface area contributed by atoms with Crippen molar-refractivity contribution >= 4 is 32.4 Å². The molecule has 0 bridgehead atoms. The minimum atomic E-state index is -3.52. The fourth-order valence-electron chi connectivity index (χ4n) is 4.70. The second-order valence-electron chi connectivity index (χ2n) is 9.78. The number of hydrogen-bond acceptors (Lipinski definition) is 6. The summed E-state index contributed by atoms with van der Waals surface area (Å²) in [6.45, 7) is 8.38. The molecule has 3 aromatic carbocycles. The van der Waals surface area contributed by atoms with Crippen LogP contribution in [0.1, 0.15) is 44.1 Å². The summed E-state index contributed by atoms with van der Waals surface area (Å²) in [5, 5.41) is 4.40. The third-order valence-corrected chi connectivity index (χ3v) is 8.95. The maximum absolute atomic E-state index is 13.3. The van der Waals surface area contributed by atoms with Crippen LogP contribution >= 0.6 is 0 Å². The molecule has 0 saturated carbocycles. The highest BCUT2D eigenvalue weighted by molar-refractivity contribution is 7.89. The van der Waals surface area contributed by atoms with Crippen molar-refractivity contribution in [3.05, 3.63) is 90.3 Å². The fraction of sp³-hybridized carbons (Fsp3) is 0.310. The van der Waals surface area contributed by atoms with E-state index in [9.17, 15) is 8.42 Å². The first-order valence-corrected chi connectivity index (χ1v) is 14.2. The zero-order valence-corrected chi connectivity index (χ0v) is 22.3. The van der Waals surface area contributed by atoms with E-state index in [2.05, 4.69) is 31.0 Å². The Kier molecular flexibility index (Phi) is 7.24. The molecule has 192 valence electrons. The fourth-order valence-corrected chi connectivity index (χ4v) is 6.13. The largest absolute Gasteiger partial charge is 0.340 e. The molecule has 5 rings (SSSR count). The standard InChI is InChI=1S/C29H33N5O2S/c1-21(2)23-13-15-25(16-14-23)37(35,36)34-19-17-33(18-20-34)22(3)28-31-27-12-8-7-11-26(27)29(32-28)30-24-9-5-4-6-10-24/h4-16,21-22H,17-20H2,1-3H3,(H,30,31,32). The third-order valence-electron chi connectivity index (χ3n) is 7.04. The Labute approximate surface area is 219 Å². The van der Waals surface area contributed by atoms with Crippen LogP contribution in [-0.4, -0.2) is 53.8 Å². The van der Waals surface area contributed by atoms with Crippen LogP contribution in [0.25, 0.3) is 10.9 Å². The zero-order chi connectivity index (χ0) is 26.0. The first-order valence-electron chi connectivity index (χ1n) is 12.8. The number of nitrogens with one attached hydrogen (secondary N) is 1. The number of anilines is 2. The molecule has 1 aliphatic rings. The molecule has 0 radical (unpaired) electrons. The Bertz CT molecular complexity index is 1470. The Morgan fingerprint density at radius 1 is 0.784 bits per heavy atom. The van der Waals surface area contributed by atoms with Gasteiger partial charge in [-0.05, 0) is 54.8 Å². The van der Waals surface area contributed by atoms with Crippen molar-refractivity contribution in [1.82, 2.24) is 19.2 Å². The summed E-state index contributed by atoms with van der Waals surface area (Å²) in [5.41, 5.74) is 2.98. The lowest BCUT2D eigenvalue weighted by molar-refractivity contribution is 0.141. The van der Waals surface area contributed by atoms with E-state index in [-0.39, 0.29) is 6.04 Å². The minimum Gasteiger partial charge on any atom is -0.340 e. The number of piperazine rings is 1. The molecule has 1 saturated heterocycles. The van der Waals surface area contributed by atoms with Gasteiger partial charge in [-0.25, -0.2) is 18.4 Å². The number of hydrogen-bond donors (Lipinski definition) is 1. The molecule has 8 heteroatoms. The van der Waals surface area contributed by atoms with Gasteiger partial charge < -0.3 is 5.32 Å². The van der Waals surface area contributed by atoms with Crippen molar-refractivity contribution in [2.45, 2.75) is 37.6 Å². The van der Waals surface area contributed by atoms with Crippen LogP contribution in [0.4, 0.5) is 11.5 Å². The predicted molar refractivity (Wildman–Crippen MR) is 149 cm³/mol. The van der Waals surface area contributed by atoms with Gasteiger partial charge in [0, 0.05) is 37.3 Å². The molecule has 4 aromatic rings.